The third kappa shape index (κ3) is 3.16. The molecule has 0 unspecified atom stereocenters. The summed E-state index contributed by atoms with van der Waals surface area (Å²) in [5, 5.41) is 3.30. The van der Waals surface area contributed by atoms with Gasteiger partial charge < -0.3 is 19.7 Å². The molecule has 6 heteroatoms. The predicted octanol–water partition coefficient (Wildman–Crippen LogP) is 2.99. The molecule has 1 N–H and O–H groups in total. The van der Waals surface area contributed by atoms with E-state index in [0.717, 1.165) is 0 Å². The Morgan fingerprint density at radius 1 is 1.50 bits per heavy atom. The zero-order valence-corrected chi connectivity index (χ0v) is 12.6. The summed E-state index contributed by atoms with van der Waals surface area (Å²) in [6.45, 7) is 5.04. The van der Waals surface area contributed by atoms with Crippen LogP contribution in [0.3, 0.4) is 0 Å². The second kappa shape index (κ2) is 6.33. The number of halogens is 1. The van der Waals surface area contributed by atoms with E-state index in [9.17, 15) is 4.79 Å². The van der Waals surface area contributed by atoms with Crippen LogP contribution in [-0.4, -0.2) is 43.3 Å². The van der Waals surface area contributed by atoms with Crippen LogP contribution in [0.4, 0.5) is 10.5 Å². The highest BCUT2D eigenvalue weighted by molar-refractivity contribution is 6.33. The Kier molecular flexibility index (Phi) is 4.73. The lowest BCUT2D eigenvalue weighted by Gasteiger charge is -2.37. The number of nitrogens with zero attached hydrogens (tertiary/aromatic N) is 1. The molecule has 110 valence electrons. The monoisotopic (exact) mass is 298 g/mol. The highest BCUT2D eigenvalue weighted by Gasteiger charge is 2.29. The van der Waals surface area contributed by atoms with Gasteiger partial charge in [-0.1, -0.05) is 11.6 Å². The fraction of sp³-hybridized carbons (Fsp3) is 0.500. The van der Waals surface area contributed by atoms with Crippen molar-refractivity contribution < 1.29 is 14.3 Å². The van der Waals surface area contributed by atoms with Gasteiger partial charge in [-0.2, -0.15) is 0 Å². The van der Waals surface area contributed by atoms with Gasteiger partial charge in [0.25, 0.3) is 0 Å². The normalized spacial score (nSPS) is 22.5. The van der Waals surface area contributed by atoms with Gasteiger partial charge in [0, 0.05) is 12.6 Å². The smallest absolute Gasteiger partial charge is 0.322 e. The standard InChI is InChI=1S/C14H19ClN2O3/c1-9-10(2)20-7-6-17(9)14(18)16-13-8-11(19-3)4-5-12(13)15/h4-5,8-10H,6-7H2,1-3H3,(H,16,18)/t9-,10-/m0/s1. The van der Waals surface area contributed by atoms with Crippen LogP contribution in [0.25, 0.3) is 0 Å². The van der Waals surface area contributed by atoms with Crippen LogP contribution >= 0.6 is 11.6 Å². The Hall–Kier alpha value is -1.46. The first kappa shape index (κ1) is 14.9. The lowest BCUT2D eigenvalue weighted by atomic mass is 10.1. The molecule has 0 aliphatic carbocycles. The van der Waals surface area contributed by atoms with Gasteiger partial charge in [0.05, 0.1) is 36.6 Å². The molecule has 1 aliphatic rings. The van der Waals surface area contributed by atoms with Gasteiger partial charge in [-0.05, 0) is 26.0 Å². The predicted molar refractivity (Wildman–Crippen MR) is 78.6 cm³/mol. The molecule has 2 atom stereocenters. The number of carbonyl (C=O) groups is 1. The number of morpholine rings is 1. The molecule has 0 saturated carbocycles. The van der Waals surface area contributed by atoms with Crippen LogP contribution in [0.2, 0.25) is 5.02 Å². The number of hydrogen-bond acceptors (Lipinski definition) is 3. The molecular formula is C14H19ClN2O3. The summed E-state index contributed by atoms with van der Waals surface area (Å²) in [6, 6.07) is 4.99. The molecule has 1 fully saturated rings. The molecule has 1 saturated heterocycles. The largest absolute Gasteiger partial charge is 0.497 e. The molecule has 2 amide bonds. The quantitative estimate of drug-likeness (QED) is 0.913. The molecule has 0 radical (unpaired) electrons. The van der Waals surface area contributed by atoms with Crippen molar-refractivity contribution in [2.24, 2.45) is 0 Å². The summed E-state index contributed by atoms with van der Waals surface area (Å²) in [5.41, 5.74) is 0.544. The lowest BCUT2D eigenvalue weighted by molar-refractivity contribution is -0.0355. The van der Waals surface area contributed by atoms with Crippen molar-refractivity contribution in [1.82, 2.24) is 4.90 Å². The number of anilines is 1. The summed E-state index contributed by atoms with van der Waals surface area (Å²) in [6.07, 6.45) is 0.0234. The molecule has 1 aromatic carbocycles. The average molecular weight is 299 g/mol. The van der Waals surface area contributed by atoms with Gasteiger partial charge in [0.1, 0.15) is 5.75 Å². The first-order valence-electron chi connectivity index (χ1n) is 6.55. The van der Waals surface area contributed by atoms with Crippen LogP contribution in [0, 0.1) is 0 Å². The number of benzene rings is 1. The summed E-state index contributed by atoms with van der Waals surface area (Å²) in [7, 11) is 1.57. The van der Waals surface area contributed by atoms with E-state index >= 15 is 0 Å². The highest BCUT2D eigenvalue weighted by atomic mass is 35.5. The van der Waals surface area contributed by atoms with Crippen molar-refractivity contribution >= 4 is 23.3 Å². The van der Waals surface area contributed by atoms with Gasteiger partial charge >= 0.3 is 6.03 Å². The van der Waals surface area contributed by atoms with Gasteiger partial charge in [0.2, 0.25) is 0 Å². The average Bonchev–Trinajstić information content (AvgIpc) is 2.44. The maximum absolute atomic E-state index is 12.3. The molecule has 0 spiro atoms. The lowest BCUT2D eigenvalue weighted by Crippen LogP contribution is -2.52. The second-order valence-corrected chi connectivity index (χ2v) is 5.19. The van der Waals surface area contributed by atoms with Crippen molar-refractivity contribution in [2.45, 2.75) is 26.0 Å². The first-order chi connectivity index (χ1) is 9.52. The zero-order chi connectivity index (χ0) is 14.7. The van der Waals surface area contributed by atoms with E-state index in [1.54, 1.807) is 30.2 Å². The van der Waals surface area contributed by atoms with Crippen LogP contribution < -0.4 is 10.1 Å². The molecule has 1 aliphatic heterocycles. The van der Waals surface area contributed by atoms with E-state index < -0.39 is 0 Å². The number of amides is 2. The fourth-order valence-electron chi connectivity index (χ4n) is 2.13. The van der Waals surface area contributed by atoms with Gasteiger partial charge in [-0.15, -0.1) is 0 Å². The zero-order valence-electron chi connectivity index (χ0n) is 11.9. The maximum Gasteiger partial charge on any atom is 0.322 e. The highest BCUT2D eigenvalue weighted by Crippen LogP contribution is 2.27. The molecule has 2 rings (SSSR count). The number of rotatable bonds is 2. The molecule has 1 heterocycles. The van der Waals surface area contributed by atoms with E-state index in [-0.39, 0.29) is 18.2 Å². The van der Waals surface area contributed by atoms with Crippen LogP contribution in [-0.2, 0) is 4.74 Å². The van der Waals surface area contributed by atoms with E-state index in [2.05, 4.69) is 5.32 Å². The minimum Gasteiger partial charge on any atom is -0.497 e. The Bertz CT molecular complexity index is 495. The minimum atomic E-state index is -0.178. The summed E-state index contributed by atoms with van der Waals surface area (Å²) < 4.78 is 10.6. The SMILES string of the molecule is COc1ccc(Cl)c(NC(=O)N2CCO[C@@H](C)[C@@H]2C)c1. The van der Waals surface area contributed by atoms with E-state index in [1.165, 1.54) is 0 Å². The maximum atomic E-state index is 12.3. The van der Waals surface area contributed by atoms with Gasteiger partial charge in [0.15, 0.2) is 0 Å². The fourth-order valence-corrected chi connectivity index (χ4v) is 2.30. The van der Waals surface area contributed by atoms with Crippen molar-refractivity contribution in [3.63, 3.8) is 0 Å². The van der Waals surface area contributed by atoms with Crippen LogP contribution in [0.15, 0.2) is 18.2 Å². The van der Waals surface area contributed by atoms with Crippen molar-refractivity contribution in [3.8, 4) is 5.75 Å². The number of ether oxygens (including phenoxy) is 2. The van der Waals surface area contributed by atoms with Crippen molar-refractivity contribution in [2.75, 3.05) is 25.6 Å². The van der Waals surface area contributed by atoms with Crippen molar-refractivity contribution in [1.29, 1.82) is 0 Å². The molecule has 0 bridgehead atoms. The first-order valence-corrected chi connectivity index (χ1v) is 6.93. The number of methoxy groups -OCH3 is 1. The minimum absolute atomic E-state index is 0.0214. The number of nitrogens with one attached hydrogen (secondary N) is 1. The summed E-state index contributed by atoms with van der Waals surface area (Å²) in [5.74, 6) is 0.646. The van der Waals surface area contributed by atoms with Crippen molar-refractivity contribution in [3.05, 3.63) is 23.2 Å². The van der Waals surface area contributed by atoms with Crippen LogP contribution in [0.1, 0.15) is 13.8 Å². The topological polar surface area (TPSA) is 50.8 Å². The Morgan fingerprint density at radius 2 is 2.25 bits per heavy atom. The summed E-state index contributed by atoms with van der Waals surface area (Å²) in [4.78, 5) is 14.1. The molecule has 1 aromatic rings. The van der Waals surface area contributed by atoms with E-state index in [1.807, 2.05) is 13.8 Å². The third-order valence-electron chi connectivity index (χ3n) is 3.56. The number of carbonyl (C=O) groups excluding carboxylic acids is 1. The number of urea groups is 1. The van der Waals surface area contributed by atoms with Crippen LogP contribution in [0.5, 0.6) is 5.75 Å². The Labute approximate surface area is 123 Å². The molecular weight excluding hydrogens is 280 g/mol. The van der Waals surface area contributed by atoms with Gasteiger partial charge in [-0.25, -0.2) is 4.79 Å². The molecule has 5 nitrogen and oxygen atoms in total. The second-order valence-electron chi connectivity index (χ2n) is 4.79. The van der Waals surface area contributed by atoms with E-state index in [0.29, 0.717) is 29.6 Å². The third-order valence-corrected chi connectivity index (χ3v) is 3.89. The van der Waals surface area contributed by atoms with E-state index in [4.69, 9.17) is 21.1 Å². The molecule has 20 heavy (non-hydrogen) atoms. The van der Waals surface area contributed by atoms with Gasteiger partial charge in [-0.3, -0.25) is 0 Å². The Balaban J connectivity index is 2.11. The molecule has 0 aromatic heterocycles. The Morgan fingerprint density at radius 3 is 2.95 bits per heavy atom. The summed E-state index contributed by atoms with van der Waals surface area (Å²) >= 11 is 6.09. The number of hydrogen-bond donors (Lipinski definition) is 1.